The molecule has 1 aliphatic rings. The number of hydrogen-bond donors (Lipinski definition) is 1. The molecule has 1 amide bonds. The number of pyridine rings is 1. The Labute approximate surface area is 168 Å². The maximum absolute atomic E-state index is 12.5. The molecule has 0 spiro atoms. The first kappa shape index (κ1) is 19.2. The third-order valence-electron chi connectivity index (χ3n) is 4.73. The van der Waals surface area contributed by atoms with Crippen molar-refractivity contribution in [2.24, 2.45) is 0 Å². The van der Waals surface area contributed by atoms with Crippen LogP contribution in [0.1, 0.15) is 27.7 Å². The van der Waals surface area contributed by atoms with Gasteiger partial charge in [-0.2, -0.15) is 4.31 Å². The van der Waals surface area contributed by atoms with Gasteiger partial charge in [0.1, 0.15) is 0 Å². The van der Waals surface area contributed by atoms with Crippen molar-refractivity contribution in [2.75, 3.05) is 13.1 Å². The van der Waals surface area contributed by atoms with Gasteiger partial charge in [0.2, 0.25) is 10.0 Å². The molecule has 1 aromatic carbocycles. The predicted molar refractivity (Wildman–Crippen MR) is 105 cm³/mol. The largest absolute Gasteiger partial charge is 0.347 e. The molecular weight excluding hydrogens is 392 g/mol. The maximum atomic E-state index is 12.5. The SMILES string of the molecule is O=C(NCc1ccncc1)c1cn(C2CN(S(=O)(=O)Cc3ccccc3)C2)nn1. The highest BCUT2D eigenvalue weighted by Crippen LogP contribution is 2.25. The van der Waals surface area contributed by atoms with Gasteiger partial charge in [-0.15, -0.1) is 5.10 Å². The minimum absolute atomic E-state index is 0.0272. The van der Waals surface area contributed by atoms with Crippen LogP contribution in [0, 0.1) is 0 Å². The van der Waals surface area contributed by atoms with Crippen LogP contribution in [-0.4, -0.2) is 51.7 Å². The molecule has 3 heterocycles. The molecule has 3 aromatic rings. The van der Waals surface area contributed by atoms with Crippen LogP contribution in [0.25, 0.3) is 0 Å². The number of aromatic nitrogens is 4. The maximum Gasteiger partial charge on any atom is 0.273 e. The molecule has 1 saturated heterocycles. The van der Waals surface area contributed by atoms with E-state index in [-0.39, 0.29) is 23.4 Å². The van der Waals surface area contributed by atoms with Gasteiger partial charge < -0.3 is 5.32 Å². The van der Waals surface area contributed by atoms with Crippen LogP contribution in [0.4, 0.5) is 0 Å². The Morgan fingerprint density at radius 1 is 1.07 bits per heavy atom. The molecule has 150 valence electrons. The lowest BCUT2D eigenvalue weighted by atomic mass is 10.2. The van der Waals surface area contributed by atoms with Gasteiger partial charge >= 0.3 is 0 Å². The number of hydrogen-bond acceptors (Lipinski definition) is 6. The lowest BCUT2D eigenvalue weighted by Crippen LogP contribution is -2.51. The zero-order valence-corrected chi connectivity index (χ0v) is 16.4. The lowest BCUT2D eigenvalue weighted by Gasteiger charge is -2.37. The first-order valence-electron chi connectivity index (χ1n) is 9.12. The third-order valence-corrected chi connectivity index (χ3v) is 6.52. The Kier molecular flexibility index (Phi) is 5.36. The van der Waals surface area contributed by atoms with Crippen molar-refractivity contribution in [3.63, 3.8) is 0 Å². The number of benzene rings is 1. The van der Waals surface area contributed by atoms with Crippen LogP contribution >= 0.6 is 0 Å². The Hall–Kier alpha value is -3.11. The average molecular weight is 412 g/mol. The summed E-state index contributed by atoms with van der Waals surface area (Å²) < 4.78 is 28.0. The van der Waals surface area contributed by atoms with E-state index in [1.54, 1.807) is 35.4 Å². The van der Waals surface area contributed by atoms with E-state index < -0.39 is 10.0 Å². The van der Waals surface area contributed by atoms with E-state index in [2.05, 4.69) is 20.6 Å². The first-order chi connectivity index (χ1) is 14.0. The zero-order valence-electron chi connectivity index (χ0n) is 15.5. The standard InChI is InChI=1S/C19H20N6O3S/c26-19(21-10-15-6-8-20-9-7-15)18-13-25(23-22-18)17-11-24(12-17)29(27,28)14-16-4-2-1-3-5-16/h1-9,13,17H,10-12,14H2,(H,21,26). The molecular formula is C19H20N6O3S. The van der Waals surface area contributed by atoms with Crippen LogP contribution < -0.4 is 5.32 Å². The van der Waals surface area contributed by atoms with E-state index in [9.17, 15) is 13.2 Å². The smallest absolute Gasteiger partial charge is 0.273 e. The van der Waals surface area contributed by atoms with Gasteiger partial charge in [0.25, 0.3) is 5.91 Å². The zero-order chi connectivity index (χ0) is 20.3. The predicted octanol–water partition coefficient (Wildman–Crippen LogP) is 0.990. The highest BCUT2D eigenvalue weighted by molar-refractivity contribution is 7.88. The molecule has 9 nitrogen and oxygen atoms in total. The summed E-state index contributed by atoms with van der Waals surface area (Å²) in [5.74, 6) is -0.360. The third kappa shape index (κ3) is 4.49. The van der Waals surface area contributed by atoms with E-state index in [0.29, 0.717) is 19.6 Å². The van der Waals surface area contributed by atoms with Crippen molar-refractivity contribution in [2.45, 2.75) is 18.3 Å². The van der Waals surface area contributed by atoms with Crippen LogP contribution in [0.3, 0.4) is 0 Å². The highest BCUT2D eigenvalue weighted by Gasteiger charge is 2.37. The molecule has 0 atom stereocenters. The molecule has 1 aliphatic heterocycles. The molecule has 4 rings (SSSR count). The second-order valence-corrected chi connectivity index (χ2v) is 8.80. The Morgan fingerprint density at radius 3 is 2.52 bits per heavy atom. The minimum Gasteiger partial charge on any atom is -0.347 e. The highest BCUT2D eigenvalue weighted by atomic mass is 32.2. The number of amides is 1. The molecule has 1 N–H and O–H groups in total. The topological polar surface area (TPSA) is 110 Å². The van der Waals surface area contributed by atoms with Gasteiger partial charge in [-0.3, -0.25) is 9.78 Å². The summed E-state index contributed by atoms with van der Waals surface area (Å²) in [6, 6.07) is 12.6. The molecule has 0 saturated carbocycles. The lowest BCUT2D eigenvalue weighted by molar-refractivity contribution is 0.0945. The second-order valence-electron chi connectivity index (χ2n) is 6.83. The van der Waals surface area contributed by atoms with Gasteiger partial charge in [-0.1, -0.05) is 35.5 Å². The Balaban J connectivity index is 1.31. The number of rotatable bonds is 7. The quantitative estimate of drug-likeness (QED) is 0.620. The van der Waals surface area contributed by atoms with E-state index in [1.807, 2.05) is 30.3 Å². The van der Waals surface area contributed by atoms with Crippen molar-refractivity contribution in [1.82, 2.24) is 29.6 Å². The molecule has 0 unspecified atom stereocenters. The van der Waals surface area contributed by atoms with Gasteiger partial charge in [0, 0.05) is 32.0 Å². The summed E-state index contributed by atoms with van der Waals surface area (Å²) in [5, 5.41) is 10.7. The van der Waals surface area contributed by atoms with Gasteiger partial charge in [-0.25, -0.2) is 13.1 Å². The first-order valence-corrected chi connectivity index (χ1v) is 10.7. The van der Waals surface area contributed by atoms with Crippen molar-refractivity contribution >= 4 is 15.9 Å². The van der Waals surface area contributed by atoms with Gasteiger partial charge in [0.05, 0.1) is 18.0 Å². The molecule has 2 aromatic heterocycles. The summed E-state index contributed by atoms with van der Waals surface area (Å²) >= 11 is 0. The van der Waals surface area contributed by atoms with Gasteiger partial charge in [-0.05, 0) is 23.3 Å². The summed E-state index contributed by atoms with van der Waals surface area (Å²) in [7, 11) is -3.38. The normalized spacial score (nSPS) is 15.0. The number of nitrogens with zero attached hydrogens (tertiary/aromatic N) is 5. The number of sulfonamides is 1. The number of nitrogens with one attached hydrogen (secondary N) is 1. The van der Waals surface area contributed by atoms with Crippen molar-refractivity contribution < 1.29 is 13.2 Å². The molecule has 10 heteroatoms. The Bertz CT molecular complexity index is 1080. The van der Waals surface area contributed by atoms with E-state index in [4.69, 9.17) is 0 Å². The van der Waals surface area contributed by atoms with Crippen LogP contribution in [-0.2, 0) is 22.3 Å². The second kappa shape index (κ2) is 8.10. The fourth-order valence-electron chi connectivity index (χ4n) is 3.02. The Morgan fingerprint density at radius 2 is 1.79 bits per heavy atom. The molecule has 0 aliphatic carbocycles. The van der Waals surface area contributed by atoms with Crippen molar-refractivity contribution in [1.29, 1.82) is 0 Å². The van der Waals surface area contributed by atoms with E-state index >= 15 is 0 Å². The number of carbonyl (C=O) groups excluding carboxylic acids is 1. The summed E-state index contributed by atoms with van der Waals surface area (Å²) in [6.45, 7) is 0.996. The van der Waals surface area contributed by atoms with Crippen LogP contribution in [0.5, 0.6) is 0 Å². The van der Waals surface area contributed by atoms with E-state index in [0.717, 1.165) is 11.1 Å². The minimum atomic E-state index is -3.38. The van der Waals surface area contributed by atoms with Crippen LogP contribution in [0.2, 0.25) is 0 Å². The fraction of sp³-hybridized carbons (Fsp3) is 0.263. The molecule has 1 fully saturated rings. The average Bonchev–Trinajstić information content (AvgIpc) is 3.15. The molecule has 0 bridgehead atoms. The number of carbonyl (C=O) groups is 1. The van der Waals surface area contributed by atoms with Crippen LogP contribution in [0.15, 0.2) is 61.1 Å². The summed E-state index contributed by atoms with van der Waals surface area (Å²) in [6.07, 6.45) is 4.87. The molecule has 29 heavy (non-hydrogen) atoms. The fourth-order valence-corrected chi connectivity index (χ4v) is 4.61. The van der Waals surface area contributed by atoms with E-state index in [1.165, 1.54) is 4.31 Å². The van der Waals surface area contributed by atoms with Gasteiger partial charge in [0.15, 0.2) is 5.69 Å². The van der Waals surface area contributed by atoms with Crippen molar-refractivity contribution in [3.8, 4) is 0 Å². The molecule has 0 radical (unpaired) electrons. The monoisotopic (exact) mass is 412 g/mol. The summed E-state index contributed by atoms with van der Waals surface area (Å²) in [5.41, 5.74) is 1.88. The van der Waals surface area contributed by atoms with Crippen molar-refractivity contribution in [3.05, 3.63) is 77.9 Å². The summed E-state index contributed by atoms with van der Waals surface area (Å²) in [4.78, 5) is 16.2.